The fourth-order valence-corrected chi connectivity index (χ4v) is 4.28. The van der Waals surface area contributed by atoms with Crippen LogP contribution < -0.4 is 10.2 Å². The summed E-state index contributed by atoms with van der Waals surface area (Å²) in [4.78, 5) is 8.46. The van der Waals surface area contributed by atoms with Gasteiger partial charge in [0, 0.05) is 37.3 Å². The number of fused-ring (bicyclic) bond motifs is 3. The molecule has 2 aromatic heterocycles. The zero-order chi connectivity index (χ0) is 13.8. The van der Waals surface area contributed by atoms with Crippen LogP contribution in [-0.4, -0.2) is 40.7 Å². The van der Waals surface area contributed by atoms with Gasteiger partial charge in [-0.1, -0.05) is 0 Å². The van der Waals surface area contributed by atoms with E-state index in [-0.39, 0.29) is 0 Å². The van der Waals surface area contributed by atoms with Gasteiger partial charge in [-0.05, 0) is 25.7 Å². The Morgan fingerprint density at radius 2 is 2.05 bits per heavy atom. The number of imidazole rings is 1. The van der Waals surface area contributed by atoms with Crippen molar-refractivity contribution in [1.29, 1.82) is 0 Å². The van der Waals surface area contributed by atoms with E-state index in [0.29, 0.717) is 12.2 Å². The molecule has 2 atom stereocenters. The topological polar surface area (TPSA) is 41.8 Å². The smallest absolute Gasteiger partial charge is 0.195 e. The molecule has 3 aliphatic rings. The van der Waals surface area contributed by atoms with E-state index < -0.39 is 0 Å². The first-order valence-electron chi connectivity index (χ1n) is 7.95. The van der Waals surface area contributed by atoms with Crippen molar-refractivity contribution < 1.29 is 4.74 Å². The molecule has 2 bridgehead atoms. The minimum absolute atomic E-state index is 0.410. The third-order valence-electron chi connectivity index (χ3n) is 4.82. The highest BCUT2D eigenvalue weighted by Crippen LogP contribution is 2.32. The van der Waals surface area contributed by atoms with Crippen molar-refractivity contribution in [2.45, 2.75) is 50.5 Å². The fraction of sp³-hybridized carbons (Fsp3) is 0.667. The summed E-state index contributed by atoms with van der Waals surface area (Å²) >= 11 is 1.72. The van der Waals surface area contributed by atoms with Gasteiger partial charge in [0.2, 0.25) is 0 Å². The largest absolute Gasteiger partial charge is 0.371 e. The highest BCUT2D eigenvalue weighted by Gasteiger charge is 2.36. The van der Waals surface area contributed by atoms with Crippen LogP contribution >= 0.6 is 11.3 Å². The molecule has 1 N–H and O–H groups in total. The Hall–Kier alpha value is -1.11. The second-order valence-electron chi connectivity index (χ2n) is 6.46. The lowest BCUT2D eigenvalue weighted by molar-refractivity contribution is 0.0302. The van der Waals surface area contributed by atoms with Crippen LogP contribution in [-0.2, 0) is 11.3 Å². The van der Waals surface area contributed by atoms with E-state index >= 15 is 0 Å². The summed E-state index contributed by atoms with van der Waals surface area (Å²) in [6.07, 6.45) is 8.03. The van der Waals surface area contributed by atoms with Gasteiger partial charge in [-0.25, -0.2) is 4.98 Å². The normalized spacial score (nSPS) is 28.7. The SMILES string of the molecule is c1cn2c(CNC3CC3)c(N3CC4CCC(C3)O4)nc2s1. The summed E-state index contributed by atoms with van der Waals surface area (Å²) in [7, 11) is 0. The third kappa shape index (κ3) is 2.17. The Labute approximate surface area is 127 Å². The van der Waals surface area contributed by atoms with Gasteiger partial charge in [0.25, 0.3) is 0 Å². The van der Waals surface area contributed by atoms with Crippen LogP contribution in [0.15, 0.2) is 11.6 Å². The zero-order valence-electron chi connectivity index (χ0n) is 12.0. The quantitative estimate of drug-likeness (QED) is 0.938. The van der Waals surface area contributed by atoms with Crippen LogP contribution in [0.2, 0.25) is 0 Å². The van der Waals surface area contributed by atoms with E-state index in [9.17, 15) is 0 Å². The van der Waals surface area contributed by atoms with E-state index in [1.165, 1.54) is 37.2 Å². The predicted octanol–water partition coefficient (Wildman–Crippen LogP) is 2.02. The van der Waals surface area contributed by atoms with Crippen LogP contribution in [0.3, 0.4) is 0 Å². The number of ether oxygens (including phenoxy) is 1. The van der Waals surface area contributed by atoms with Crippen molar-refractivity contribution in [2.24, 2.45) is 0 Å². The highest BCUT2D eigenvalue weighted by molar-refractivity contribution is 7.15. The van der Waals surface area contributed by atoms with Crippen LogP contribution in [0.1, 0.15) is 31.4 Å². The number of nitrogens with zero attached hydrogens (tertiary/aromatic N) is 3. The number of thiazole rings is 1. The summed E-state index contributed by atoms with van der Waals surface area (Å²) in [6.45, 7) is 2.92. The summed E-state index contributed by atoms with van der Waals surface area (Å²) < 4.78 is 8.22. The summed E-state index contributed by atoms with van der Waals surface area (Å²) in [5.41, 5.74) is 1.32. The molecule has 3 fully saturated rings. The Morgan fingerprint density at radius 1 is 1.24 bits per heavy atom. The molecule has 4 heterocycles. The molecule has 2 aromatic rings. The summed E-state index contributed by atoms with van der Waals surface area (Å²) in [5, 5.41) is 5.77. The van der Waals surface area contributed by atoms with Gasteiger partial charge in [0.15, 0.2) is 10.8 Å². The Balaban J connectivity index is 1.48. The standard InChI is InChI=1S/C15H20N4OS/c1-2-10(1)16-7-13-14(17-15-19(13)5-6-21-15)18-8-11-3-4-12(9-18)20-11/h5-6,10-12,16H,1-4,7-9H2. The molecule has 2 aliphatic heterocycles. The van der Waals surface area contributed by atoms with E-state index in [1.807, 2.05) is 0 Å². The first kappa shape index (κ1) is 12.4. The molecular formula is C15H20N4OS. The third-order valence-corrected chi connectivity index (χ3v) is 5.58. The van der Waals surface area contributed by atoms with Gasteiger partial charge in [-0.15, -0.1) is 11.3 Å². The average Bonchev–Trinajstić information content (AvgIpc) is 2.94. The molecule has 0 amide bonds. The van der Waals surface area contributed by atoms with Crippen molar-refractivity contribution in [3.05, 3.63) is 17.3 Å². The molecular weight excluding hydrogens is 284 g/mol. The molecule has 112 valence electrons. The molecule has 5 nitrogen and oxygen atoms in total. The number of rotatable bonds is 4. The van der Waals surface area contributed by atoms with Gasteiger partial charge >= 0.3 is 0 Å². The van der Waals surface area contributed by atoms with E-state index in [1.54, 1.807) is 11.3 Å². The van der Waals surface area contributed by atoms with Gasteiger partial charge in [-0.3, -0.25) is 4.40 Å². The van der Waals surface area contributed by atoms with Gasteiger partial charge < -0.3 is 15.0 Å². The molecule has 6 heteroatoms. The van der Waals surface area contributed by atoms with Crippen molar-refractivity contribution in [1.82, 2.24) is 14.7 Å². The first-order chi connectivity index (χ1) is 10.4. The van der Waals surface area contributed by atoms with Crippen molar-refractivity contribution in [2.75, 3.05) is 18.0 Å². The van der Waals surface area contributed by atoms with Gasteiger partial charge in [0.05, 0.1) is 17.9 Å². The summed E-state index contributed by atoms with van der Waals surface area (Å²) in [6, 6.07) is 0.725. The number of nitrogens with one attached hydrogen (secondary N) is 1. The monoisotopic (exact) mass is 304 g/mol. The van der Waals surface area contributed by atoms with Crippen LogP contribution in [0.5, 0.6) is 0 Å². The lowest BCUT2D eigenvalue weighted by Crippen LogP contribution is -2.43. The lowest BCUT2D eigenvalue weighted by Gasteiger charge is -2.33. The molecule has 1 aliphatic carbocycles. The molecule has 0 radical (unpaired) electrons. The van der Waals surface area contributed by atoms with Crippen molar-refractivity contribution in [3.8, 4) is 0 Å². The van der Waals surface area contributed by atoms with Gasteiger partial charge in [0.1, 0.15) is 0 Å². The lowest BCUT2D eigenvalue weighted by atomic mass is 10.2. The molecule has 0 aromatic carbocycles. The predicted molar refractivity (Wildman–Crippen MR) is 83.0 cm³/mol. The molecule has 5 rings (SSSR count). The molecule has 1 saturated carbocycles. The molecule has 2 saturated heterocycles. The minimum Gasteiger partial charge on any atom is -0.371 e. The van der Waals surface area contributed by atoms with Crippen LogP contribution in [0.4, 0.5) is 5.82 Å². The van der Waals surface area contributed by atoms with Crippen LogP contribution in [0, 0.1) is 0 Å². The van der Waals surface area contributed by atoms with Gasteiger partial charge in [-0.2, -0.15) is 0 Å². The van der Waals surface area contributed by atoms with E-state index in [0.717, 1.165) is 30.6 Å². The maximum absolute atomic E-state index is 5.96. The van der Waals surface area contributed by atoms with E-state index in [4.69, 9.17) is 9.72 Å². The zero-order valence-corrected chi connectivity index (χ0v) is 12.8. The average molecular weight is 304 g/mol. The highest BCUT2D eigenvalue weighted by atomic mass is 32.1. The molecule has 0 spiro atoms. The Morgan fingerprint density at radius 3 is 2.81 bits per heavy atom. The fourth-order valence-electron chi connectivity index (χ4n) is 3.55. The maximum Gasteiger partial charge on any atom is 0.195 e. The molecule has 2 unspecified atom stereocenters. The number of aromatic nitrogens is 2. The van der Waals surface area contributed by atoms with Crippen molar-refractivity contribution >= 4 is 22.1 Å². The van der Waals surface area contributed by atoms with Crippen molar-refractivity contribution in [3.63, 3.8) is 0 Å². The second-order valence-corrected chi connectivity index (χ2v) is 7.33. The second kappa shape index (κ2) is 4.69. The van der Waals surface area contributed by atoms with E-state index in [2.05, 4.69) is 26.2 Å². The molecule has 21 heavy (non-hydrogen) atoms. The first-order valence-corrected chi connectivity index (χ1v) is 8.83. The Kier molecular flexibility index (Phi) is 2.78. The number of morpholine rings is 1. The van der Waals surface area contributed by atoms with Crippen LogP contribution in [0.25, 0.3) is 4.96 Å². The Bertz CT molecular complexity index is 650. The maximum atomic E-state index is 5.96. The number of hydrogen-bond acceptors (Lipinski definition) is 5. The number of anilines is 1. The number of hydrogen-bond donors (Lipinski definition) is 1. The minimum atomic E-state index is 0.410. The summed E-state index contributed by atoms with van der Waals surface area (Å²) in [5.74, 6) is 1.18.